The highest BCUT2D eigenvalue weighted by atomic mass is 16.5. The van der Waals surface area contributed by atoms with Gasteiger partial charge in [-0.05, 0) is 25.7 Å². The Hall–Kier alpha value is -0.810. The van der Waals surface area contributed by atoms with E-state index in [9.17, 15) is 0 Å². The molecule has 21 heavy (non-hydrogen) atoms. The van der Waals surface area contributed by atoms with Crippen molar-refractivity contribution in [1.29, 1.82) is 0 Å². The average Bonchev–Trinajstić information content (AvgIpc) is 2.97. The molecule has 0 aromatic heterocycles. The molecular formula is C16H32N4O. The van der Waals surface area contributed by atoms with Gasteiger partial charge in [0.15, 0.2) is 5.96 Å². The molecule has 1 unspecified atom stereocenters. The molecule has 0 saturated carbocycles. The highest BCUT2D eigenvalue weighted by molar-refractivity contribution is 5.80. The molecule has 1 atom stereocenters. The Morgan fingerprint density at radius 3 is 2.71 bits per heavy atom. The van der Waals surface area contributed by atoms with E-state index in [1.54, 1.807) is 0 Å². The van der Waals surface area contributed by atoms with Crippen molar-refractivity contribution in [3.63, 3.8) is 0 Å². The van der Waals surface area contributed by atoms with Gasteiger partial charge in [0.25, 0.3) is 0 Å². The Balaban J connectivity index is 1.86. The third kappa shape index (κ3) is 5.15. The molecule has 0 amide bonds. The van der Waals surface area contributed by atoms with Crippen LogP contribution in [0.3, 0.4) is 0 Å². The zero-order valence-electron chi connectivity index (χ0n) is 14.0. The minimum Gasteiger partial charge on any atom is -0.379 e. The van der Waals surface area contributed by atoms with Crippen molar-refractivity contribution in [2.75, 3.05) is 52.5 Å². The lowest BCUT2D eigenvalue weighted by Crippen LogP contribution is -2.46. The monoisotopic (exact) mass is 296 g/mol. The van der Waals surface area contributed by atoms with E-state index >= 15 is 0 Å². The van der Waals surface area contributed by atoms with Crippen LogP contribution in [0.25, 0.3) is 0 Å². The van der Waals surface area contributed by atoms with Gasteiger partial charge in [0.2, 0.25) is 0 Å². The smallest absolute Gasteiger partial charge is 0.193 e. The number of likely N-dealkylation sites (tertiary alicyclic amines) is 1. The molecule has 2 aliphatic heterocycles. The van der Waals surface area contributed by atoms with Crippen LogP contribution >= 0.6 is 0 Å². The van der Waals surface area contributed by atoms with E-state index in [1.165, 1.54) is 6.42 Å². The SMILES string of the molecule is CCNC(=NCCC(C)C)N1CCC(N2CCOCC2)C1. The highest BCUT2D eigenvalue weighted by Crippen LogP contribution is 2.17. The number of ether oxygens (including phenoxy) is 1. The third-order valence-corrected chi connectivity index (χ3v) is 4.33. The molecule has 0 aliphatic carbocycles. The molecule has 0 bridgehead atoms. The Kier molecular flexibility index (Phi) is 6.77. The maximum Gasteiger partial charge on any atom is 0.193 e. The fourth-order valence-corrected chi connectivity index (χ4v) is 3.03. The maximum absolute atomic E-state index is 5.46. The first-order chi connectivity index (χ1) is 10.2. The molecule has 0 spiro atoms. The van der Waals surface area contributed by atoms with Crippen LogP contribution in [0.15, 0.2) is 4.99 Å². The van der Waals surface area contributed by atoms with Crippen molar-refractivity contribution in [3.05, 3.63) is 0 Å². The Bertz CT molecular complexity index is 326. The second-order valence-electron chi connectivity index (χ2n) is 6.46. The molecule has 0 radical (unpaired) electrons. The third-order valence-electron chi connectivity index (χ3n) is 4.33. The zero-order chi connectivity index (χ0) is 15.1. The lowest BCUT2D eigenvalue weighted by Gasteiger charge is -2.32. The largest absolute Gasteiger partial charge is 0.379 e. The zero-order valence-corrected chi connectivity index (χ0v) is 14.0. The second-order valence-corrected chi connectivity index (χ2v) is 6.46. The van der Waals surface area contributed by atoms with Crippen molar-refractivity contribution in [2.45, 2.75) is 39.7 Å². The number of nitrogens with one attached hydrogen (secondary N) is 1. The second kappa shape index (κ2) is 8.59. The number of hydrogen-bond donors (Lipinski definition) is 1. The quantitative estimate of drug-likeness (QED) is 0.615. The van der Waals surface area contributed by atoms with Gasteiger partial charge in [0.1, 0.15) is 0 Å². The molecular weight excluding hydrogens is 264 g/mol. The van der Waals surface area contributed by atoms with Gasteiger partial charge in [0.05, 0.1) is 13.2 Å². The number of nitrogens with zero attached hydrogens (tertiary/aromatic N) is 3. The van der Waals surface area contributed by atoms with E-state index in [2.05, 4.69) is 35.9 Å². The molecule has 122 valence electrons. The molecule has 0 aromatic rings. The van der Waals surface area contributed by atoms with Crippen LogP contribution < -0.4 is 5.32 Å². The number of morpholine rings is 1. The predicted molar refractivity (Wildman–Crippen MR) is 87.8 cm³/mol. The standard InChI is InChI=1S/C16H32N4O/c1-4-17-16(18-7-5-14(2)3)20-8-6-15(13-20)19-9-11-21-12-10-19/h14-15H,4-13H2,1-3H3,(H,17,18). The minimum absolute atomic E-state index is 0.669. The van der Waals surface area contributed by atoms with Crippen LogP contribution in [0.2, 0.25) is 0 Å². The molecule has 5 heteroatoms. The van der Waals surface area contributed by atoms with Crippen molar-refractivity contribution in [2.24, 2.45) is 10.9 Å². The van der Waals surface area contributed by atoms with Crippen LogP contribution in [0.1, 0.15) is 33.6 Å². The lowest BCUT2D eigenvalue weighted by molar-refractivity contribution is 0.0195. The maximum atomic E-state index is 5.46. The van der Waals surface area contributed by atoms with Crippen molar-refractivity contribution >= 4 is 5.96 Å². The van der Waals surface area contributed by atoms with Gasteiger partial charge >= 0.3 is 0 Å². The number of guanidine groups is 1. The normalized spacial score (nSPS) is 24.9. The molecule has 2 rings (SSSR count). The van der Waals surface area contributed by atoms with Gasteiger partial charge in [-0.15, -0.1) is 0 Å². The van der Waals surface area contributed by atoms with E-state index in [4.69, 9.17) is 9.73 Å². The van der Waals surface area contributed by atoms with Crippen LogP contribution in [0, 0.1) is 5.92 Å². The van der Waals surface area contributed by atoms with Crippen LogP contribution in [-0.2, 0) is 4.74 Å². The topological polar surface area (TPSA) is 40.1 Å². The average molecular weight is 296 g/mol. The van der Waals surface area contributed by atoms with Crippen LogP contribution in [-0.4, -0.2) is 74.3 Å². The van der Waals surface area contributed by atoms with Gasteiger partial charge in [0, 0.05) is 45.3 Å². The molecule has 2 aliphatic rings. The van der Waals surface area contributed by atoms with Crippen molar-refractivity contribution in [3.8, 4) is 0 Å². The fraction of sp³-hybridized carbons (Fsp3) is 0.938. The first-order valence-corrected chi connectivity index (χ1v) is 8.55. The summed E-state index contributed by atoms with van der Waals surface area (Å²) in [5.74, 6) is 1.82. The number of hydrogen-bond acceptors (Lipinski definition) is 3. The summed E-state index contributed by atoms with van der Waals surface area (Å²) < 4.78 is 5.46. The summed E-state index contributed by atoms with van der Waals surface area (Å²) >= 11 is 0. The van der Waals surface area contributed by atoms with Crippen LogP contribution in [0.4, 0.5) is 0 Å². The van der Waals surface area contributed by atoms with E-state index in [0.29, 0.717) is 6.04 Å². The van der Waals surface area contributed by atoms with Crippen molar-refractivity contribution < 1.29 is 4.74 Å². The predicted octanol–water partition coefficient (Wildman–Crippen LogP) is 1.40. The first-order valence-electron chi connectivity index (χ1n) is 8.55. The summed E-state index contributed by atoms with van der Waals surface area (Å²) in [4.78, 5) is 9.82. The molecule has 2 fully saturated rings. The first kappa shape index (κ1) is 16.6. The van der Waals surface area contributed by atoms with E-state index < -0.39 is 0 Å². The Labute approximate surface area is 129 Å². The molecule has 2 heterocycles. The molecule has 5 nitrogen and oxygen atoms in total. The molecule has 2 saturated heterocycles. The minimum atomic E-state index is 0.669. The summed E-state index contributed by atoms with van der Waals surface area (Å²) in [5, 5.41) is 3.45. The van der Waals surface area contributed by atoms with E-state index in [1.807, 2.05) is 0 Å². The van der Waals surface area contributed by atoms with E-state index in [0.717, 1.165) is 70.8 Å². The van der Waals surface area contributed by atoms with Gasteiger partial charge in [-0.1, -0.05) is 13.8 Å². The van der Waals surface area contributed by atoms with Gasteiger partial charge in [-0.3, -0.25) is 9.89 Å². The van der Waals surface area contributed by atoms with Gasteiger partial charge in [-0.2, -0.15) is 0 Å². The summed E-state index contributed by atoms with van der Waals surface area (Å²) in [6, 6.07) is 0.669. The summed E-state index contributed by atoms with van der Waals surface area (Å²) in [6.45, 7) is 14.7. The molecule has 0 aromatic carbocycles. The number of aliphatic imine (C=N–C) groups is 1. The highest BCUT2D eigenvalue weighted by Gasteiger charge is 2.30. The van der Waals surface area contributed by atoms with E-state index in [-0.39, 0.29) is 0 Å². The summed E-state index contributed by atoms with van der Waals surface area (Å²) in [6.07, 6.45) is 2.41. The van der Waals surface area contributed by atoms with Crippen LogP contribution in [0.5, 0.6) is 0 Å². The Morgan fingerprint density at radius 2 is 2.05 bits per heavy atom. The fourth-order valence-electron chi connectivity index (χ4n) is 3.03. The van der Waals surface area contributed by atoms with Gasteiger partial charge < -0.3 is 15.0 Å². The van der Waals surface area contributed by atoms with Gasteiger partial charge in [-0.25, -0.2) is 0 Å². The molecule has 1 N–H and O–H groups in total. The lowest BCUT2D eigenvalue weighted by atomic mass is 10.1. The summed E-state index contributed by atoms with van der Waals surface area (Å²) in [5.41, 5.74) is 0. The summed E-state index contributed by atoms with van der Waals surface area (Å²) in [7, 11) is 0. The Morgan fingerprint density at radius 1 is 1.29 bits per heavy atom. The number of rotatable bonds is 5. The van der Waals surface area contributed by atoms with Crippen molar-refractivity contribution in [1.82, 2.24) is 15.1 Å².